The third-order valence-corrected chi connectivity index (χ3v) is 4.24. The third kappa shape index (κ3) is 6.10. The van der Waals surface area contributed by atoms with Crippen LogP contribution in [-0.4, -0.2) is 29.8 Å². The molecule has 4 nitrogen and oxygen atoms in total. The van der Waals surface area contributed by atoms with Gasteiger partial charge < -0.3 is 19.7 Å². The van der Waals surface area contributed by atoms with Crippen molar-refractivity contribution in [3.8, 4) is 11.5 Å². The highest BCUT2D eigenvalue weighted by atomic mass is 32.1. The van der Waals surface area contributed by atoms with E-state index in [1.807, 2.05) is 36.9 Å². The van der Waals surface area contributed by atoms with E-state index in [1.54, 1.807) is 18.2 Å². The standard InChI is InChI=1S/C21H27FN2O2S/c1-4-13-24(21(27)23-18-10-8-7-9-17(18)22)15-16-11-12-19(25-5-2)20(14-16)26-6-3/h7-12,14H,4-6,13,15H2,1-3H3,(H,23,27). The maximum absolute atomic E-state index is 13.9. The van der Waals surface area contributed by atoms with Crippen molar-refractivity contribution in [3.05, 3.63) is 53.8 Å². The maximum atomic E-state index is 13.9. The lowest BCUT2D eigenvalue weighted by molar-refractivity contribution is 0.287. The van der Waals surface area contributed by atoms with Crippen LogP contribution in [0.4, 0.5) is 10.1 Å². The van der Waals surface area contributed by atoms with Crippen molar-refractivity contribution >= 4 is 23.0 Å². The van der Waals surface area contributed by atoms with Gasteiger partial charge in [-0.05, 0) is 62.3 Å². The van der Waals surface area contributed by atoms with Gasteiger partial charge in [0.15, 0.2) is 16.6 Å². The van der Waals surface area contributed by atoms with Crippen LogP contribution in [0.3, 0.4) is 0 Å². The minimum absolute atomic E-state index is 0.323. The molecule has 0 spiro atoms. The largest absolute Gasteiger partial charge is 0.490 e. The first kappa shape index (κ1) is 21.0. The molecule has 27 heavy (non-hydrogen) atoms. The third-order valence-electron chi connectivity index (χ3n) is 3.88. The summed E-state index contributed by atoms with van der Waals surface area (Å²) in [4.78, 5) is 2.02. The predicted octanol–water partition coefficient (Wildman–Crippen LogP) is 5.23. The summed E-state index contributed by atoms with van der Waals surface area (Å²) in [7, 11) is 0. The summed E-state index contributed by atoms with van der Waals surface area (Å²) in [6.45, 7) is 8.48. The number of anilines is 1. The minimum atomic E-state index is -0.323. The van der Waals surface area contributed by atoms with E-state index in [9.17, 15) is 4.39 Å². The first-order chi connectivity index (χ1) is 13.1. The van der Waals surface area contributed by atoms with E-state index in [0.717, 1.165) is 30.0 Å². The van der Waals surface area contributed by atoms with E-state index >= 15 is 0 Å². The van der Waals surface area contributed by atoms with E-state index in [4.69, 9.17) is 21.7 Å². The number of halogens is 1. The fourth-order valence-electron chi connectivity index (χ4n) is 2.69. The number of rotatable bonds is 9. The summed E-state index contributed by atoms with van der Waals surface area (Å²) in [6.07, 6.45) is 0.925. The minimum Gasteiger partial charge on any atom is -0.490 e. The summed E-state index contributed by atoms with van der Waals surface area (Å²) in [5.41, 5.74) is 1.43. The number of benzene rings is 2. The Kier molecular flexibility index (Phi) is 8.33. The molecule has 0 fully saturated rings. The van der Waals surface area contributed by atoms with Crippen LogP contribution in [0.5, 0.6) is 11.5 Å². The zero-order valence-corrected chi connectivity index (χ0v) is 16.9. The van der Waals surface area contributed by atoms with Crippen molar-refractivity contribution in [3.63, 3.8) is 0 Å². The van der Waals surface area contributed by atoms with Crippen LogP contribution in [0.15, 0.2) is 42.5 Å². The van der Waals surface area contributed by atoms with Crippen LogP contribution >= 0.6 is 12.2 Å². The van der Waals surface area contributed by atoms with Crippen LogP contribution in [0.2, 0.25) is 0 Å². The van der Waals surface area contributed by atoms with Crippen LogP contribution in [0.25, 0.3) is 0 Å². The molecule has 0 unspecified atom stereocenters. The summed E-state index contributed by atoms with van der Waals surface area (Å²) >= 11 is 5.53. The lowest BCUT2D eigenvalue weighted by atomic mass is 10.2. The number of thiocarbonyl (C=S) groups is 1. The molecule has 146 valence electrons. The number of hydrogen-bond acceptors (Lipinski definition) is 3. The van der Waals surface area contributed by atoms with Gasteiger partial charge in [0, 0.05) is 13.1 Å². The molecule has 0 aliphatic carbocycles. The Balaban J connectivity index is 2.16. The van der Waals surface area contributed by atoms with Crippen LogP contribution in [-0.2, 0) is 6.54 Å². The van der Waals surface area contributed by atoms with Crippen molar-refractivity contribution in [1.29, 1.82) is 0 Å². The zero-order chi connectivity index (χ0) is 19.6. The molecule has 0 aliphatic heterocycles. The molecule has 0 saturated carbocycles. The van der Waals surface area contributed by atoms with Crippen molar-refractivity contribution < 1.29 is 13.9 Å². The lowest BCUT2D eigenvalue weighted by Crippen LogP contribution is -2.35. The Morgan fingerprint density at radius 2 is 1.74 bits per heavy atom. The second-order valence-corrected chi connectivity index (χ2v) is 6.37. The van der Waals surface area contributed by atoms with E-state index in [-0.39, 0.29) is 5.82 Å². The van der Waals surface area contributed by atoms with Gasteiger partial charge in [-0.3, -0.25) is 0 Å². The highest BCUT2D eigenvalue weighted by Crippen LogP contribution is 2.29. The molecule has 0 aliphatic rings. The second kappa shape index (κ2) is 10.7. The van der Waals surface area contributed by atoms with Gasteiger partial charge in [0.05, 0.1) is 18.9 Å². The average Bonchev–Trinajstić information content (AvgIpc) is 2.65. The Labute approximate surface area is 166 Å². The Morgan fingerprint density at radius 3 is 2.41 bits per heavy atom. The van der Waals surface area contributed by atoms with E-state index in [0.29, 0.717) is 30.6 Å². The highest BCUT2D eigenvalue weighted by Gasteiger charge is 2.13. The summed E-state index contributed by atoms with van der Waals surface area (Å²) < 4.78 is 25.2. The molecular formula is C21H27FN2O2S. The fraction of sp³-hybridized carbons (Fsp3) is 0.381. The van der Waals surface area contributed by atoms with Crippen LogP contribution < -0.4 is 14.8 Å². The molecule has 0 saturated heterocycles. The first-order valence-corrected chi connectivity index (χ1v) is 9.68. The van der Waals surface area contributed by atoms with Gasteiger partial charge in [0.2, 0.25) is 0 Å². The van der Waals surface area contributed by atoms with Gasteiger partial charge >= 0.3 is 0 Å². The molecule has 0 atom stereocenters. The maximum Gasteiger partial charge on any atom is 0.173 e. The number of hydrogen-bond donors (Lipinski definition) is 1. The van der Waals surface area contributed by atoms with Gasteiger partial charge in [-0.1, -0.05) is 25.1 Å². The van der Waals surface area contributed by atoms with Crippen molar-refractivity contribution in [2.24, 2.45) is 0 Å². The molecule has 0 heterocycles. The van der Waals surface area contributed by atoms with Crippen molar-refractivity contribution in [1.82, 2.24) is 4.90 Å². The van der Waals surface area contributed by atoms with Gasteiger partial charge in [-0.25, -0.2) is 4.39 Å². The second-order valence-electron chi connectivity index (χ2n) is 5.98. The Bertz CT molecular complexity index is 755. The molecule has 0 amide bonds. The molecule has 0 radical (unpaired) electrons. The molecule has 2 aromatic rings. The SMILES string of the molecule is CCCN(Cc1ccc(OCC)c(OCC)c1)C(=S)Nc1ccccc1F. The number of nitrogens with zero attached hydrogens (tertiary/aromatic N) is 1. The molecule has 0 aromatic heterocycles. The Hall–Kier alpha value is -2.34. The normalized spacial score (nSPS) is 10.4. The van der Waals surface area contributed by atoms with Crippen LogP contribution in [0.1, 0.15) is 32.8 Å². The predicted molar refractivity (Wildman–Crippen MR) is 112 cm³/mol. The van der Waals surface area contributed by atoms with E-state index < -0.39 is 0 Å². The fourth-order valence-corrected chi connectivity index (χ4v) is 2.96. The summed E-state index contributed by atoms with van der Waals surface area (Å²) in [5, 5.41) is 3.51. The zero-order valence-electron chi connectivity index (χ0n) is 16.1. The molecule has 0 bridgehead atoms. The smallest absolute Gasteiger partial charge is 0.173 e. The van der Waals surface area contributed by atoms with E-state index in [2.05, 4.69) is 12.2 Å². The molecule has 2 aromatic carbocycles. The first-order valence-electron chi connectivity index (χ1n) is 9.28. The molecule has 2 rings (SSSR count). The van der Waals surface area contributed by atoms with Gasteiger partial charge in [-0.15, -0.1) is 0 Å². The lowest BCUT2D eigenvalue weighted by Gasteiger charge is -2.26. The molecule has 6 heteroatoms. The van der Waals surface area contributed by atoms with Crippen molar-refractivity contribution in [2.45, 2.75) is 33.7 Å². The quantitative estimate of drug-likeness (QED) is 0.593. The topological polar surface area (TPSA) is 33.7 Å². The summed E-state index contributed by atoms with van der Waals surface area (Å²) in [6, 6.07) is 12.4. The van der Waals surface area contributed by atoms with Gasteiger partial charge in [0.25, 0.3) is 0 Å². The summed E-state index contributed by atoms with van der Waals surface area (Å²) in [5.74, 6) is 1.13. The van der Waals surface area contributed by atoms with Crippen molar-refractivity contribution in [2.75, 3.05) is 25.1 Å². The monoisotopic (exact) mass is 390 g/mol. The average molecular weight is 391 g/mol. The van der Waals surface area contributed by atoms with E-state index in [1.165, 1.54) is 6.07 Å². The molecular weight excluding hydrogens is 363 g/mol. The van der Waals surface area contributed by atoms with Gasteiger partial charge in [0.1, 0.15) is 5.82 Å². The van der Waals surface area contributed by atoms with Crippen LogP contribution in [0, 0.1) is 5.82 Å². The highest BCUT2D eigenvalue weighted by molar-refractivity contribution is 7.80. The number of nitrogens with one attached hydrogen (secondary N) is 1. The molecule has 1 N–H and O–H groups in total. The number of para-hydroxylation sites is 1. The van der Waals surface area contributed by atoms with Gasteiger partial charge in [-0.2, -0.15) is 0 Å². The Morgan fingerprint density at radius 1 is 1.04 bits per heavy atom. The number of ether oxygens (including phenoxy) is 2.